The van der Waals surface area contributed by atoms with Gasteiger partial charge >= 0.3 is 0 Å². The van der Waals surface area contributed by atoms with Gasteiger partial charge in [0.05, 0.1) is 28.9 Å². The summed E-state index contributed by atoms with van der Waals surface area (Å²) in [6.45, 7) is 5.43. The van der Waals surface area contributed by atoms with Crippen molar-refractivity contribution in [2.24, 2.45) is 5.10 Å². The van der Waals surface area contributed by atoms with Gasteiger partial charge in [-0.1, -0.05) is 12.1 Å². The summed E-state index contributed by atoms with van der Waals surface area (Å²) in [7, 11) is 0. The molecule has 0 unspecified atom stereocenters. The number of aromatic amines is 1. The van der Waals surface area contributed by atoms with Crippen molar-refractivity contribution in [1.29, 1.82) is 5.26 Å². The topological polar surface area (TPSA) is 88.9 Å². The summed E-state index contributed by atoms with van der Waals surface area (Å²) in [5, 5.41) is 25.1. The number of hydrazone groups is 1. The summed E-state index contributed by atoms with van der Waals surface area (Å²) in [5.41, 5.74) is 9.81. The fourth-order valence-electron chi connectivity index (χ4n) is 3.88. The van der Waals surface area contributed by atoms with Crippen LogP contribution in [0.2, 0.25) is 0 Å². The van der Waals surface area contributed by atoms with Crippen LogP contribution in [0.5, 0.6) is 0 Å². The van der Waals surface area contributed by atoms with E-state index < -0.39 is 0 Å². The van der Waals surface area contributed by atoms with E-state index in [1.807, 2.05) is 31.2 Å². The molecule has 3 aromatic rings. The van der Waals surface area contributed by atoms with Gasteiger partial charge in [-0.3, -0.25) is 10.5 Å². The number of nitrogens with zero attached hydrogens (tertiary/aromatic N) is 3. The molecule has 0 bridgehead atoms. The number of aromatic nitrogens is 2. The number of anilines is 1. The van der Waals surface area contributed by atoms with E-state index in [-0.39, 0.29) is 6.04 Å². The van der Waals surface area contributed by atoms with Crippen molar-refractivity contribution in [2.45, 2.75) is 32.2 Å². The Morgan fingerprint density at radius 1 is 1.36 bits per heavy atom. The van der Waals surface area contributed by atoms with Gasteiger partial charge in [0.2, 0.25) is 0 Å². The van der Waals surface area contributed by atoms with Crippen LogP contribution < -0.4 is 10.7 Å². The molecule has 3 N–H and O–H groups in total. The van der Waals surface area contributed by atoms with E-state index in [9.17, 15) is 0 Å². The molecule has 0 amide bonds. The SMILES string of the molecule is C=NN/C(=C\C)c1n[nH]c2ccc(N[C@@H]3CCCc4cc(C#N)ccc43)cc12. The van der Waals surface area contributed by atoms with Crippen molar-refractivity contribution in [1.82, 2.24) is 15.6 Å². The first-order valence-corrected chi connectivity index (χ1v) is 9.39. The second-order valence-electron chi connectivity index (χ2n) is 6.92. The van der Waals surface area contributed by atoms with Gasteiger partial charge in [-0.15, -0.1) is 0 Å². The molecule has 28 heavy (non-hydrogen) atoms. The molecule has 6 heteroatoms. The lowest BCUT2D eigenvalue weighted by atomic mass is 9.86. The number of benzene rings is 2. The number of allylic oxidation sites excluding steroid dienone is 1. The van der Waals surface area contributed by atoms with Crippen LogP contribution in [0.3, 0.4) is 0 Å². The smallest absolute Gasteiger partial charge is 0.117 e. The van der Waals surface area contributed by atoms with Crippen LogP contribution in [-0.2, 0) is 6.42 Å². The quantitative estimate of drug-likeness (QED) is 0.456. The molecule has 0 saturated carbocycles. The predicted molar refractivity (Wildman–Crippen MR) is 113 cm³/mol. The van der Waals surface area contributed by atoms with E-state index in [0.29, 0.717) is 0 Å². The van der Waals surface area contributed by atoms with Crippen molar-refractivity contribution in [2.75, 3.05) is 5.32 Å². The monoisotopic (exact) mass is 370 g/mol. The number of nitrogens with one attached hydrogen (secondary N) is 3. The molecule has 4 rings (SSSR count). The van der Waals surface area contributed by atoms with Crippen LogP contribution in [0.15, 0.2) is 47.6 Å². The number of fused-ring (bicyclic) bond motifs is 2. The van der Waals surface area contributed by atoms with Gasteiger partial charge in [0, 0.05) is 17.8 Å². The van der Waals surface area contributed by atoms with Crippen molar-refractivity contribution in [3.05, 3.63) is 64.9 Å². The maximum atomic E-state index is 9.16. The molecule has 2 aromatic carbocycles. The fraction of sp³-hybridized carbons (Fsp3) is 0.227. The van der Waals surface area contributed by atoms with Crippen molar-refractivity contribution >= 4 is 29.0 Å². The molecule has 0 saturated heterocycles. The number of aryl methyl sites for hydroxylation is 1. The highest BCUT2D eigenvalue weighted by atomic mass is 15.3. The summed E-state index contributed by atoms with van der Waals surface area (Å²) in [4.78, 5) is 0. The maximum Gasteiger partial charge on any atom is 0.117 e. The Balaban J connectivity index is 1.66. The minimum Gasteiger partial charge on any atom is -0.378 e. The lowest BCUT2D eigenvalue weighted by molar-refractivity contribution is 0.600. The molecular weight excluding hydrogens is 348 g/mol. The van der Waals surface area contributed by atoms with Crippen LogP contribution >= 0.6 is 0 Å². The first-order chi connectivity index (χ1) is 13.7. The summed E-state index contributed by atoms with van der Waals surface area (Å²) in [5.74, 6) is 0. The van der Waals surface area contributed by atoms with Gasteiger partial charge in [-0.2, -0.15) is 15.5 Å². The number of nitriles is 1. The van der Waals surface area contributed by atoms with Crippen molar-refractivity contribution in [3.8, 4) is 6.07 Å². The molecule has 0 aliphatic heterocycles. The molecule has 1 aliphatic rings. The van der Waals surface area contributed by atoms with E-state index in [2.05, 4.69) is 57.0 Å². The summed E-state index contributed by atoms with van der Waals surface area (Å²) in [6, 6.07) is 14.7. The molecule has 1 aromatic heterocycles. The van der Waals surface area contributed by atoms with Crippen LogP contribution in [0.1, 0.15) is 48.2 Å². The number of H-pyrrole nitrogens is 1. The van der Waals surface area contributed by atoms with Gasteiger partial charge in [0.25, 0.3) is 0 Å². The average molecular weight is 370 g/mol. The minimum absolute atomic E-state index is 0.235. The molecule has 6 nitrogen and oxygen atoms in total. The van der Waals surface area contributed by atoms with E-state index >= 15 is 0 Å². The molecule has 1 heterocycles. The predicted octanol–water partition coefficient (Wildman–Crippen LogP) is 4.49. The standard InChI is InChI=1S/C22H22N6/c1-3-19(26-24-2)22-18-12-16(8-10-21(18)27-28-22)25-20-6-4-5-15-11-14(13-23)7-9-17(15)20/h3,7-12,20,25-26H,2,4-6H2,1H3,(H,27,28)/b19-3-/t20-/m1/s1. The van der Waals surface area contributed by atoms with Gasteiger partial charge in [-0.25, -0.2) is 0 Å². The molecule has 0 fully saturated rings. The fourth-order valence-corrected chi connectivity index (χ4v) is 3.88. The third-order valence-corrected chi connectivity index (χ3v) is 5.23. The van der Waals surface area contributed by atoms with Crippen LogP contribution in [0, 0.1) is 11.3 Å². The number of hydrogen-bond donors (Lipinski definition) is 3. The van der Waals surface area contributed by atoms with Gasteiger partial charge in [-0.05, 0) is 67.6 Å². The summed E-state index contributed by atoms with van der Waals surface area (Å²) in [6.07, 6.45) is 5.13. The Morgan fingerprint density at radius 3 is 3.04 bits per heavy atom. The Kier molecular flexibility index (Phi) is 4.81. The largest absolute Gasteiger partial charge is 0.378 e. The molecular formula is C22H22N6. The first-order valence-electron chi connectivity index (χ1n) is 9.39. The van der Waals surface area contributed by atoms with E-state index in [4.69, 9.17) is 5.26 Å². The van der Waals surface area contributed by atoms with E-state index in [1.165, 1.54) is 11.1 Å². The Labute approximate surface area is 164 Å². The summed E-state index contributed by atoms with van der Waals surface area (Å²) >= 11 is 0. The normalized spacial score (nSPS) is 16.3. The van der Waals surface area contributed by atoms with Crippen LogP contribution in [0.4, 0.5) is 5.69 Å². The minimum atomic E-state index is 0.235. The third kappa shape index (κ3) is 3.23. The zero-order valence-corrected chi connectivity index (χ0v) is 15.8. The molecule has 140 valence electrons. The molecule has 0 radical (unpaired) electrons. The Hall–Kier alpha value is -3.59. The molecule has 1 atom stereocenters. The second-order valence-corrected chi connectivity index (χ2v) is 6.92. The number of rotatable bonds is 5. The van der Waals surface area contributed by atoms with E-state index in [0.717, 1.165) is 52.8 Å². The molecule has 1 aliphatic carbocycles. The van der Waals surface area contributed by atoms with Gasteiger partial charge in [0.1, 0.15) is 5.69 Å². The summed E-state index contributed by atoms with van der Waals surface area (Å²) < 4.78 is 0. The van der Waals surface area contributed by atoms with Crippen molar-refractivity contribution < 1.29 is 0 Å². The van der Waals surface area contributed by atoms with Gasteiger partial charge in [0.15, 0.2) is 0 Å². The highest BCUT2D eigenvalue weighted by Crippen LogP contribution is 2.34. The highest BCUT2D eigenvalue weighted by molar-refractivity contribution is 5.92. The lowest BCUT2D eigenvalue weighted by Gasteiger charge is -2.27. The third-order valence-electron chi connectivity index (χ3n) is 5.23. The zero-order chi connectivity index (χ0) is 19.5. The average Bonchev–Trinajstić information content (AvgIpc) is 3.15. The second kappa shape index (κ2) is 7.57. The maximum absolute atomic E-state index is 9.16. The van der Waals surface area contributed by atoms with Gasteiger partial charge < -0.3 is 5.32 Å². The first kappa shape index (κ1) is 17.8. The highest BCUT2D eigenvalue weighted by Gasteiger charge is 2.21. The van der Waals surface area contributed by atoms with Crippen LogP contribution in [0.25, 0.3) is 16.6 Å². The molecule has 0 spiro atoms. The van der Waals surface area contributed by atoms with Crippen molar-refractivity contribution in [3.63, 3.8) is 0 Å². The zero-order valence-electron chi connectivity index (χ0n) is 15.8. The van der Waals surface area contributed by atoms with E-state index in [1.54, 1.807) is 0 Å². The van der Waals surface area contributed by atoms with Crippen LogP contribution in [-0.4, -0.2) is 16.9 Å². The Bertz CT molecular complexity index is 1100. The lowest BCUT2D eigenvalue weighted by Crippen LogP contribution is -2.17. The Morgan fingerprint density at radius 2 is 2.25 bits per heavy atom. The number of hydrogen-bond acceptors (Lipinski definition) is 5.